The minimum absolute atomic E-state index is 0.105. The lowest BCUT2D eigenvalue weighted by molar-refractivity contribution is -0.134. The number of amides is 1. The molecule has 2 aliphatic heterocycles. The smallest absolute Gasteiger partial charge is 0.245 e. The number of hydrogen-bond acceptors (Lipinski definition) is 5. The van der Waals surface area contributed by atoms with E-state index in [4.69, 9.17) is 0 Å². The molecule has 3 rings (SSSR count). The van der Waals surface area contributed by atoms with E-state index >= 15 is 0 Å². The first-order chi connectivity index (χ1) is 12.8. The van der Waals surface area contributed by atoms with Gasteiger partial charge in [-0.3, -0.25) is 4.79 Å². The molecule has 2 saturated heterocycles. The SMILES string of the molecule is CS(=O)(=O)c1cc(F)c(N[C@H]2CCCCN(C3CCNCC3)C2=O)cc1F. The summed E-state index contributed by atoms with van der Waals surface area (Å²) in [5, 5.41) is 6.08. The molecule has 0 spiro atoms. The zero-order chi connectivity index (χ0) is 19.6. The highest BCUT2D eigenvalue weighted by atomic mass is 32.2. The predicted molar refractivity (Wildman–Crippen MR) is 98.3 cm³/mol. The molecule has 1 aromatic rings. The third-order valence-electron chi connectivity index (χ3n) is 5.22. The van der Waals surface area contributed by atoms with E-state index in [0.717, 1.165) is 51.1 Å². The number of carbonyl (C=O) groups excluding carboxylic acids is 1. The molecule has 1 atom stereocenters. The molecule has 0 saturated carbocycles. The van der Waals surface area contributed by atoms with Gasteiger partial charge >= 0.3 is 0 Å². The van der Waals surface area contributed by atoms with Crippen molar-refractivity contribution in [1.82, 2.24) is 10.2 Å². The van der Waals surface area contributed by atoms with Crippen molar-refractivity contribution in [3.05, 3.63) is 23.8 Å². The normalized spacial score (nSPS) is 22.6. The Morgan fingerprint density at radius 3 is 2.48 bits per heavy atom. The molecule has 6 nitrogen and oxygen atoms in total. The number of likely N-dealkylation sites (tertiary alicyclic amines) is 1. The van der Waals surface area contributed by atoms with Gasteiger partial charge < -0.3 is 15.5 Å². The molecule has 0 aliphatic carbocycles. The van der Waals surface area contributed by atoms with Gasteiger partial charge in [0.1, 0.15) is 22.6 Å². The van der Waals surface area contributed by atoms with Gasteiger partial charge in [0, 0.05) is 24.9 Å². The second-order valence-electron chi connectivity index (χ2n) is 7.24. The molecule has 0 radical (unpaired) electrons. The second kappa shape index (κ2) is 8.10. The Morgan fingerprint density at radius 1 is 1.11 bits per heavy atom. The largest absolute Gasteiger partial charge is 0.371 e. The molecule has 27 heavy (non-hydrogen) atoms. The monoisotopic (exact) mass is 401 g/mol. The lowest BCUT2D eigenvalue weighted by atomic mass is 10.0. The third-order valence-corrected chi connectivity index (χ3v) is 6.34. The first-order valence-corrected chi connectivity index (χ1v) is 11.1. The van der Waals surface area contributed by atoms with Gasteiger partial charge in [-0.05, 0) is 51.3 Å². The molecule has 9 heteroatoms. The standard InChI is InChI=1S/C18H25F2N3O3S/c1-27(25,26)17-11-13(19)16(10-14(17)20)22-15-4-2-3-9-23(18(15)24)12-5-7-21-8-6-12/h10-12,15,21-22H,2-9H2,1H3/t15-/m0/s1. The number of rotatable bonds is 4. The molecular weight excluding hydrogens is 376 g/mol. The van der Waals surface area contributed by atoms with E-state index in [1.54, 1.807) is 0 Å². The van der Waals surface area contributed by atoms with Crippen LogP contribution < -0.4 is 10.6 Å². The van der Waals surface area contributed by atoms with Crippen LogP contribution in [0.1, 0.15) is 32.1 Å². The fraction of sp³-hybridized carbons (Fsp3) is 0.611. The van der Waals surface area contributed by atoms with Gasteiger partial charge in [0.05, 0.1) is 5.69 Å². The zero-order valence-electron chi connectivity index (χ0n) is 15.3. The molecule has 0 unspecified atom stereocenters. The summed E-state index contributed by atoms with van der Waals surface area (Å²) in [6, 6.07) is 0.994. The summed E-state index contributed by atoms with van der Waals surface area (Å²) < 4.78 is 51.6. The van der Waals surface area contributed by atoms with Crippen LogP contribution in [0.5, 0.6) is 0 Å². The Morgan fingerprint density at radius 2 is 1.81 bits per heavy atom. The Kier molecular flexibility index (Phi) is 6.00. The first-order valence-electron chi connectivity index (χ1n) is 9.24. The van der Waals surface area contributed by atoms with E-state index < -0.39 is 32.4 Å². The van der Waals surface area contributed by atoms with Crippen LogP contribution in [0.25, 0.3) is 0 Å². The van der Waals surface area contributed by atoms with E-state index in [-0.39, 0.29) is 17.6 Å². The Balaban J connectivity index is 1.81. The van der Waals surface area contributed by atoms with Crippen molar-refractivity contribution < 1.29 is 22.0 Å². The van der Waals surface area contributed by atoms with Crippen LogP contribution in [0.15, 0.2) is 17.0 Å². The van der Waals surface area contributed by atoms with Gasteiger partial charge in [-0.2, -0.15) is 0 Å². The molecule has 0 bridgehead atoms. The molecule has 2 fully saturated rings. The minimum Gasteiger partial charge on any atom is -0.371 e. The molecule has 150 valence electrons. The van der Waals surface area contributed by atoms with Crippen molar-refractivity contribution in [1.29, 1.82) is 0 Å². The number of piperidine rings is 1. The molecule has 1 aromatic carbocycles. The number of benzene rings is 1. The summed E-state index contributed by atoms with van der Waals surface area (Å²) in [6.45, 7) is 2.39. The predicted octanol–water partition coefficient (Wildman–Crippen LogP) is 1.91. The highest BCUT2D eigenvalue weighted by molar-refractivity contribution is 7.90. The second-order valence-corrected chi connectivity index (χ2v) is 9.22. The van der Waals surface area contributed by atoms with Crippen LogP contribution in [0.3, 0.4) is 0 Å². The Hall–Kier alpha value is -1.74. The molecule has 2 aliphatic rings. The average Bonchev–Trinajstić information content (AvgIpc) is 2.79. The zero-order valence-corrected chi connectivity index (χ0v) is 16.1. The fourth-order valence-electron chi connectivity index (χ4n) is 3.79. The number of nitrogens with zero attached hydrogens (tertiary/aromatic N) is 1. The van der Waals surface area contributed by atoms with Gasteiger partial charge in [0.2, 0.25) is 5.91 Å². The van der Waals surface area contributed by atoms with Crippen molar-refractivity contribution in [2.75, 3.05) is 31.2 Å². The van der Waals surface area contributed by atoms with Crippen LogP contribution in [-0.2, 0) is 14.6 Å². The van der Waals surface area contributed by atoms with Crippen LogP contribution in [-0.4, -0.2) is 57.2 Å². The fourth-order valence-corrected chi connectivity index (χ4v) is 4.52. The summed E-state index contributed by atoms with van der Waals surface area (Å²) in [6.07, 6.45) is 4.78. The number of halogens is 2. The van der Waals surface area contributed by atoms with Gasteiger partial charge in [-0.1, -0.05) is 0 Å². The number of anilines is 1. The summed E-state index contributed by atoms with van der Waals surface area (Å²) in [4.78, 5) is 14.2. The van der Waals surface area contributed by atoms with E-state index in [2.05, 4.69) is 10.6 Å². The quantitative estimate of drug-likeness (QED) is 0.806. The summed E-state index contributed by atoms with van der Waals surface area (Å²) >= 11 is 0. The average molecular weight is 401 g/mol. The summed E-state index contributed by atoms with van der Waals surface area (Å²) in [5.74, 6) is -2.02. The van der Waals surface area contributed by atoms with Crippen molar-refractivity contribution >= 4 is 21.4 Å². The van der Waals surface area contributed by atoms with Crippen LogP contribution in [0, 0.1) is 11.6 Å². The van der Waals surface area contributed by atoms with Gasteiger partial charge in [0.25, 0.3) is 0 Å². The molecule has 2 heterocycles. The van der Waals surface area contributed by atoms with Crippen molar-refractivity contribution in [3.8, 4) is 0 Å². The molecule has 2 N–H and O–H groups in total. The van der Waals surface area contributed by atoms with Crippen LogP contribution >= 0.6 is 0 Å². The van der Waals surface area contributed by atoms with E-state index in [1.807, 2.05) is 4.90 Å². The molecule has 1 amide bonds. The van der Waals surface area contributed by atoms with Crippen molar-refractivity contribution in [2.45, 2.75) is 49.1 Å². The lowest BCUT2D eigenvalue weighted by Gasteiger charge is -2.35. The number of nitrogens with one attached hydrogen (secondary N) is 2. The maximum Gasteiger partial charge on any atom is 0.245 e. The lowest BCUT2D eigenvalue weighted by Crippen LogP contribution is -2.50. The maximum absolute atomic E-state index is 14.4. The van der Waals surface area contributed by atoms with Crippen molar-refractivity contribution in [2.24, 2.45) is 0 Å². The third kappa shape index (κ3) is 4.57. The van der Waals surface area contributed by atoms with Gasteiger partial charge in [-0.15, -0.1) is 0 Å². The van der Waals surface area contributed by atoms with E-state index in [1.165, 1.54) is 0 Å². The number of sulfone groups is 1. The Labute approximate surface area is 158 Å². The van der Waals surface area contributed by atoms with Gasteiger partial charge in [0.15, 0.2) is 9.84 Å². The van der Waals surface area contributed by atoms with Crippen molar-refractivity contribution in [3.63, 3.8) is 0 Å². The number of carbonyl (C=O) groups is 1. The maximum atomic E-state index is 14.4. The highest BCUT2D eigenvalue weighted by Gasteiger charge is 2.33. The van der Waals surface area contributed by atoms with Gasteiger partial charge in [-0.25, -0.2) is 17.2 Å². The van der Waals surface area contributed by atoms with E-state index in [0.29, 0.717) is 19.0 Å². The topological polar surface area (TPSA) is 78.5 Å². The molecular formula is C18H25F2N3O3S. The van der Waals surface area contributed by atoms with Crippen LogP contribution in [0.2, 0.25) is 0 Å². The minimum atomic E-state index is -3.87. The van der Waals surface area contributed by atoms with Crippen LogP contribution in [0.4, 0.5) is 14.5 Å². The highest BCUT2D eigenvalue weighted by Crippen LogP contribution is 2.26. The summed E-state index contributed by atoms with van der Waals surface area (Å²) in [7, 11) is -3.87. The number of hydrogen-bond donors (Lipinski definition) is 2. The first kappa shape index (κ1) is 20.0. The Bertz CT molecular complexity index is 810. The van der Waals surface area contributed by atoms with E-state index in [9.17, 15) is 22.0 Å². The molecule has 0 aromatic heterocycles. The summed E-state index contributed by atoms with van der Waals surface area (Å²) in [5.41, 5.74) is -0.189.